The van der Waals surface area contributed by atoms with Crippen molar-refractivity contribution in [2.75, 3.05) is 7.11 Å². The Morgan fingerprint density at radius 2 is 2.11 bits per heavy atom. The standard InChI is InChI=1S/C13H19N3O2S/c1-13(2,3)9-5-8(7-15-16-12(14)19)11(17)10(6-9)18-4/h5-7,17H,1-4H3,(H3,14,16,19). The van der Waals surface area contributed by atoms with Crippen molar-refractivity contribution in [3.63, 3.8) is 0 Å². The lowest BCUT2D eigenvalue weighted by molar-refractivity contribution is 0.371. The van der Waals surface area contributed by atoms with E-state index in [1.807, 2.05) is 12.1 Å². The van der Waals surface area contributed by atoms with Crippen molar-refractivity contribution >= 4 is 23.5 Å². The molecule has 5 nitrogen and oxygen atoms in total. The zero-order valence-corrected chi connectivity index (χ0v) is 12.3. The summed E-state index contributed by atoms with van der Waals surface area (Å²) in [5.41, 5.74) is 9.21. The molecule has 1 rings (SSSR count). The number of hydrogen-bond acceptors (Lipinski definition) is 4. The second-order valence-electron chi connectivity index (χ2n) is 5.10. The van der Waals surface area contributed by atoms with Crippen LogP contribution < -0.4 is 15.9 Å². The topological polar surface area (TPSA) is 79.9 Å². The molecule has 0 radical (unpaired) electrons. The van der Waals surface area contributed by atoms with Gasteiger partial charge in [0.2, 0.25) is 0 Å². The third kappa shape index (κ3) is 4.10. The number of nitrogens with two attached hydrogens (primary N) is 1. The van der Waals surface area contributed by atoms with Gasteiger partial charge in [0, 0.05) is 5.56 Å². The number of rotatable bonds is 3. The minimum absolute atomic E-state index is 0.0315. The molecule has 0 heterocycles. The molecule has 0 aromatic heterocycles. The van der Waals surface area contributed by atoms with Crippen LogP contribution in [-0.4, -0.2) is 23.5 Å². The predicted molar refractivity (Wildman–Crippen MR) is 80.9 cm³/mol. The first-order valence-electron chi connectivity index (χ1n) is 5.75. The Balaban J connectivity index is 3.22. The van der Waals surface area contributed by atoms with E-state index >= 15 is 0 Å². The van der Waals surface area contributed by atoms with E-state index in [0.29, 0.717) is 11.3 Å². The molecule has 104 valence electrons. The number of aromatic hydroxyl groups is 1. The summed E-state index contributed by atoms with van der Waals surface area (Å²) >= 11 is 4.64. The Labute approximate surface area is 118 Å². The molecular formula is C13H19N3O2S. The number of benzene rings is 1. The van der Waals surface area contributed by atoms with E-state index < -0.39 is 0 Å². The summed E-state index contributed by atoms with van der Waals surface area (Å²) in [5.74, 6) is 0.438. The molecule has 0 bridgehead atoms. The lowest BCUT2D eigenvalue weighted by Gasteiger charge is -2.21. The monoisotopic (exact) mass is 281 g/mol. The summed E-state index contributed by atoms with van der Waals surface area (Å²) in [4.78, 5) is 0. The molecule has 0 aliphatic rings. The minimum atomic E-state index is -0.0693. The average molecular weight is 281 g/mol. The van der Waals surface area contributed by atoms with Crippen LogP contribution in [0.25, 0.3) is 0 Å². The number of phenolic OH excluding ortho intramolecular Hbond substituents is 1. The lowest BCUT2D eigenvalue weighted by Crippen LogP contribution is -2.24. The summed E-state index contributed by atoms with van der Waals surface area (Å²) in [6, 6.07) is 3.66. The summed E-state index contributed by atoms with van der Waals surface area (Å²) in [6.07, 6.45) is 1.45. The smallest absolute Gasteiger partial charge is 0.184 e. The fraction of sp³-hybridized carbons (Fsp3) is 0.385. The van der Waals surface area contributed by atoms with Gasteiger partial charge in [-0.2, -0.15) is 5.10 Å². The average Bonchev–Trinajstić information content (AvgIpc) is 2.29. The molecule has 1 aromatic carbocycles. The molecule has 0 saturated carbocycles. The first-order chi connectivity index (χ1) is 8.75. The van der Waals surface area contributed by atoms with Gasteiger partial charge >= 0.3 is 0 Å². The molecule has 0 atom stereocenters. The van der Waals surface area contributed by atoms with Crippen LogP contribution in [0.2, 0.25) is 0 Å². The summed E-state index contributed by atoms with van der Waals surface area (Å²) in [6.45, 7) is 6.23. The highest BCUT2D eigenvalue weighted by molar-refractivity contribution is 7.80. The number of methoxy groups -OCH3 is 1. The second kappa shape index (κ2) is 5.88. The number of hydrazone groups is 1. The van der Waals surface area contributed by atoms with Crippen LogP contribution >= 0.6 is 12.2 Å². The number of thiocarbonyl (C=S) groups is 1. The SMILES string of the molecule is COc1cc(C(C)(C)C)cc(C=NNC(N)=S)c1O. The molecule has 0 unspecified atom stereocenters. The molecule has 0 spiro atoms. The van der Waals surface area contributed by atoms with Gasteiger partial charge in [0.25, 0.3) is 0 Å². The van der Waals surface area contributed by atoms with Crippen molar-refractivity contribution in [3.8, 4) is 11.5 Å². The van der Waals surface area contributed by atoms with Gasteiger partial charge in [0.05, 0.1) is 13.3 Å². The van der Waals surface area contributed by atoms with E-state index in [2.05, 4.69) is 43.5 Å². The lowest BCUT2D eigenvalue weighted by atomic mass is 9.86. The van der Waals surface area contributed by atoms with E-state index in [0.717, 1.165) is 5.56 Å². The maximum atomic E-state index is 10.0. The van der Waals surface area contributed by atoms with E-state index in [1.165, 1.54) is 13.3 Å². The number of nitrogens with zero attached hydrogens (tertiary/aromatic N) is 1. The molecule has 6 heteroatoms. The van der Waals surface area contributed by atoms with Crippen LogP contribution in [0.1, 0.15) is 31.9 Å². The Kier molecular flexibility index (Phi) is 4.72. The zero-order chi connectivity index (χ0) is 14.6. The maximum Gasteiger partial charge on any atom is 0.184 e. The number of nitrogens with one attached hydrogen (secondary N) is 1. The number of hydrogen-bond donors (Lipinski definition) is 3. The fourth-order valence-corrected chi connectivity index (χ4v) is 1.53. The largest absolute Gasteiger partial charge is 0.504 e. The highest BCUT2D eigenvalue weighted by Crippen LogP contribution is 2.35. The van der Waals surface area contributed by atoms with Gasteiger partial charge in [-0.1, -0.05) is 20.8 Å². The Bertz CT molecular complexity index is 507. The Morgan fingerprint density at radius 3 is 2.58 bits per heavy atom. The summed E-state index contributed by atoms with van der Waals surface area (Å²) in [5, 5.41) is 13.9. The molecule has 0 aliphatic carbocycles. The molecule has 0 amide bonds. The first-order valence-corrected chi connectivity index (χ1v) is 6.16. The Morgan fingerprint density at radius 1 is 1.47 bits per heavy atom. The van der Waals surface area contributed by atoms with Gasteiger partial charge in [0.15, 0.2) is 16.6 Å². The van der Waals surface area contributed by atoms with Crippen molar-refractivity contribution in [1.29, 1.82) is 0 Å². The number of ether oxygens (including phenoxy) is 1. The summed E-state index contributed by atoms with van der Waals surface area (Å²) in [7, 11) is 1.51. The van der Waals surface area contributed by atoms with Crippen LogP contribution in [0, 0.1) is 0 Å². The van der Waals surface area contributed by atoms with E-state index in [1.54, 1.807) is 0 Å². The molecule has 0 saturated heterocycles. The third-order valence-corrected chi connectivity index (χ3v) is 2.66. The van der Waals surface area contributed by atoms with Crippen molar-refractivity contribution in [3.05, 3.63) is 23.3 Å². The van der Waals surface area contributed by atoms with Gasteiger partial charge in [-0.3, -0.25) is 5.43 Å². The predicted octanol–water partition coefficient (Wildman–Crippen LogP) is 1.87. The first kappa shape index (κ1) is 15.2. The zero-order valence-electron chi connectivity index (χ0n) is 11.5. The van der Waals surface area contributed by atoms with Crippen LogP contribution in [0.3, 0.4) is 0 Å². The molecular weight excluding hydrogens is 262 g/mol. The molecule has 4 N–H and O–H groups in total. The van der Waals surface area contributed by atoms with Crippen LogP contribution in [0.15, 0.2) is 17.2 Å². The van der Waals surface area contributed by atoms with Gasteiger partial charge < -0.3 is 15.6 Å². The second-order valence-corrected chi connectivity index (χ2v) is 5.54. The van der Waals surface area contributed by atoms with Crippen LogP contribution in [0.5, 0.6) is 11.5 Å². The van der Waals surface area contributed by atoms with E-state index in [9.17, 15) is 5.11 Å². The van der Waals surface area contributed by atoms with Gasteiger partial charge in [-0.05, 0) is 35.3 Å². The van der Waals surface area contributed by atoms with Crippen molar-refractivity contribution in [1.82, 2.24) is 5.43 Å². The van der Waals surface area contributed by atoms with Gasteiger partial charge in [0.1, 0.15) is 0 Å². The van der Waals surface area contributed by atoms with Gasteiger partial charge in [-0.15, -0.1) is 0 Å². The van der Waals surface area contributed by atoms with Crippen LogP contribution in [0.4, 0.5) is 0 Å². The van der Waals surface area contributed by atoms with Crippen molar-refractivity contribution in [2.24, 2.45) is 10.8 Å². The normalized spacial score (nSPS) is 11.6. The molecule has 0 fully saturated rings. The van der Waals surface area contributed by atoms with E-state index in [4.69, 9.17) is 10.5 Å². The fourth-order valence-electron chi connectivity index (χ4n) is 1.48. The maximum absolute atomic E-state index is 10.0. The third-order valence-electron chi connectivity index (χ3n) is 2.57. The van der Waals surface area contributed by atoms with Crippen molar-refractivity contribution < 1.29 is 9.84 Å². The van der Waals surface area contributed by atoms with Crippen molar-refractivity contribution in [2.45, 2.75) is 26.2 Å². The molecule has 1 aromatic rings. The van der Waals surface area contributed by atoms with E-state index in [-0.39, 0.29) is 16.3 Å². The highest BCUT2D eigenvalue weighted by atomic mass is 32.1. The molecule has 19 heavy (non-hydrogen) atoms. The van der Waals surface area contributed by atoms with Gasteiger partial charge in [-0.25, -0.2) is 0 Å². The Hall–Kier alpha value is -1.82. The quantitative estimate of drug-likeness (QED) is 0.448. The highest BCUT2D eigenvalue weighted by Gasteiger charge is 2.18. The summed E-state index contributed by atoms with van der Waals surface area (Å²) < 4.78 is 5.17. The molecule has 0 aliphatic heterocycles. The van der Waals surface area contributed by atoms with Crippen LogP contribution in [-0.2, 0) is 5.41 Å². The number of phenols is 1. The minimum Gasteiger partial charge on any atom is -0.504 e.